The number of fused-ring (bicyclic) bond motifs is 2. The van der Waals surface area contributed by atoms with Crippen molar-refractivity contribution < 1.29 is 9.59 Å². The second kappa shape index (κ2) is 10.4. The zero-order valence-corrected chi connectivity index (χ0v) is 20.9. The van der Waals surface area contributed by atoms with Gasteiger partial charge in [-0.1, -0.05) is 74.5 Å². The Morgan fingerprint density at radius 3 is 1.44 bits per heavy atom. The molecule has 4 heterocycles. The van der Waals surface area contributed by atoms with Gasteiger partial charge in [-0.15, -0.1) is 0 Å². The van der Waals surface area contributed by atoms with E-state index in [9.17, 15) is 9.59 Å². The molecule has 2 atom stereocenters. The minimum atomic E-state index is 0.128. The van der Waals surface area contributed by atoms with Crippen molar-refractivity contribution in [3.05, 3.63) is 107 Å². The molecule has 0 N–H and O–H groups in total. The number of Topliss-reactive ketones (excluding diaryl/α,β-unsaturated/α-hetero) is 2. The Labute approximate surface area is 212 Å². The summed E-state index contributed by atoms with van der Waals surface area (Å²) < 4.78 is 3.97. The SMILES string of the molecule is CCC(=O)c1cc2n(n1)CC[C@@H]2c1ccccc1.CCC(=O)c1cc2n(n1)CC[C@H]2c1ccccc1. The first-order chi connectivity index (χ1) is 17.6. The molecular formula is C30H32N4O2. The van der Waals surface area contributed by atoms with Crippen LogP contribution in [0.3, 0.4) is 0 Å². The third-order valence-electron chi connectivity index (χ3n) is 7.21. The number of benzene rings is 2. The Kier molecular flexibility index (Phi) is 6.94. The molecule has 184 valence electrons. The smallest absolute Gasteiger partial charge is 0.182 e. The fourth-order valence-corrected chi connectivity index (χ4v) is 5.26. The van der Waals surface area contributed by atoms with Gasteiger partial charge in [0.15, 0.2) is 11.6 Å². The highest BCUT2D eigenvalue weighted by Crippen LogP contribution is 2.35. The van der Waals surface area contributed by atoms with Gasteiger partial charge >= 0.3 is 0 Å². The van der Waals surface area contributed by atoms with Gasteiger partial charge in [0.05, 0.1) is 0 Å². The van der Waals surface area contributed by atoms with E-state index in [0.29, 0.717) is 36.1 Å². The maximum Gasteiger partial charge on any atom is 0.182 e. The molecule has 0 saturated carbocycles. The summed E-state index contributed by atoms with van der Waals surface area (Å²) in [6.45, 7) is 5.57. The van der Waals surface area contributed by atoms with E-state index < -0.39 is 0 Å². The predicted molar refractivity (Wildman–Crippen MR) is 140 cm³/mol. The van der Waals surface area contributed by atoms with E-state index in [0.717, 1.165) is 25.9 Å². The van der Waals surface area contributed by atoms with E-state index in [1.165, 1.54) is 22.5 Å². The van der Waals surface area contributed by atoms with Crippen LogP contribution >= 0.6 is 0 Å². The first-order valence-electron chi connectivity index (χ1n) is 12.9. The van der Waals surface area contributed by atoms with E-state index in [-0.39, 0.29) is 11.6 Å². The molecule has 0 radical (unpaired) electrons. The van der Waals surface area contributed by atoms with Gasteiger partial charge in [0.1, 0.15) is 11.4 Å². The van der Waals surface area contributed by atoms with Crippen LogP contribution in [0.2, 0.25) is 0 Å². The Morgan fingerprint density at radius 1 is 0.694 bits per heavy atom. The zero-order chi connectivity index (χ0) is 25.1. The van der Waals surface area contributed by atoms with Crippen molar-refractivity contribution in [3.8, 4) is 0 Å². The highest BCUT2D eigenvalue weighted by Gasteiger charge is 2.28. The lowest BCUT2D eigenvalue weighted by atomic mass is 9.94. The fourth-order valence-electron chi connectivity index (χ4n) is 5.26. The molecule has 0 spiro atoms. The third-order valence-corrected chi connectivity index (χ3v) is 7.21. The molecule has 0 unspecified atom stereocenters. The molecular weight excluding hydrogens is 448 g/mol. The fraction of sp³-hybridized carbons (Fsp3) is 0.333. The summed E-state index contributed by atoms with van der Waals surface area (Å²) >= 11 is 0. The molecule has 0 saturated heterocycles. The van der Waals surface area contributed by atoms with Gasteiger partial charge in [0.2, 0.25) is 0 Å². The molecule has 2 aliphatic heterocycles. The van der Waals surface area contributed by atoms with Crippen molar-refractivity contribution in [2.75, 3.05) is 0 Å². The van der Waals surface area contributed by atoms with Crippen LogP contribution in [0.4, 0.5) is 0 Å². The average Bonchev–Trinajstić information content (AvgIpc) is 3.70. The van der Waals surface area contributed by atoms with E-state index >= 15 is 0 Å². The van der Waals surface area contributed by atoms with Crippen molar-refractivity contribution in [3.63, 3.8) is 0 Å². The van der Waals surface area contributed by atoms with Crippen LogP contribution in [0, 0.1) is 0 Å². The number of rotatable bonds is 6. The van der Waals surface area contributed by atoms with Crippen LogP contribution in [0.5, 0.6) is 0 Å². The topological polar surface area (TPSA) is 69.8 Å². The minimum absolute atomic E-state index is 0.128. The Morgan fingerprint density at radius 2 is 1.08 bits per heavy atom. The maximum absolute atomic E-state index is 11.7. The van der Waals surface area contributed by atoms with Crippen LogP contribution in [0.15, 0.2) is 72.8 Å². The summed E-state index contributed by atoms with van der Waals surface area (Å²) in [4.78, 5) is 23.4. The number of hydrogen-bond acceptors (Lipinski definition) is 4. The number of nitrogens with zero attached hydrogens (tertiary/aromatic N) is 4. The second-order valence-corrected chi connectivity index (χ2v) is 9.41. The molecule has 6 nitrogen and oxygen atoms in total. The zero-order valence-electron chi connectivity index (χ0n) is 20.9. The molecule has 4 aromatic rings. The quantitative estimate of drug-likeness (QED) is 0.316. The lowest BCUT2D eigenvalue weighted by molar-refractivity contribution is 0.0974. The summed E-state index contributed by atoms with van der Waals surface area (Å²) in [5, 5.41) is 8.81. The average molecular weight is 481 g/mol. The predicted octanol–water partition coefficient (Wildman–Crippen LogP) is 6.02. The maximum atomic E-state index is 11.7. The van der Waals surface area contributed by atoms with Crippen LogP contribution in [0.25, 0.3) is 0 Å². The van der Waals surface area contributed by atoms with Gasteiger partial charge in [-0.2, -0.15) is 10.2 Å². The molecule has 2 aromatic carbocycles. The first-order valence-corrected chi connectivity index (χ1v) is 12.9. The molecule has 6 heteroatoms. The molecule has 2 aromatic heterocycles. The van der Waals surface area contributed by atoms with Gasteiger partial charge in [0, 0.05) is 49.2 Å². The summed E-state index contributed by atoms with van der Waals surface area (Å²) in [5.74, 6) is 1.03. The van der Waals surface area contributed by atoms with Gasteiger partial charge in [-0.3, -0.25) is 19.0 Å². The largest absolute Gasteiger partial charge is 0.292 e. The lowest BCUT2D eigenvalue weighted by Crippen LogP contribution is -2.01. The summed E-state index contributed by atoms with van der Waals surface area (Å²) in [6.07, 6.45) is 3.19. The number of carbonyl (C=O) groups excluding carboxylic acids is 2. The molecule has 6 rings (SSSR count). The van der Waals surface area contributed by atoms with Gasteiger partial charge < -0.3 is 0 Å². The summed E-state index contributed by atoms with van der Waals surface area (Å²) in [7, 11) is 0. The van der Waals surface area contributed by atoms with Crippen LogP contribution in [-0.4, -0.2) is 31.1 Å². The third kappa shape index (κ3) is 4.68. The van der Waals surface area contributed by atoms with E-state index in [4.69, 9.17) is 0 Å². The summed E-state index contributed by atoms with van der Waals surface area (Å²) in [5.41, 5.74) is 6.22. The molecule has 36 heavy (non-hydrogen) atoms. The van der Waals surface area contributed by atoms with E-state index in [1.54, 1.807) is 0 Å². The van der Waals surface area contributed by atoms with Crippen LogP contribution in [0.1, 0.15) is 94.9 Å². The van der Waals surface area contributed by atoms with Crippen molar-refractivity contribution in [1.29, 1.82) is 0 Å². The molecule has 0 bridgehead atoms. The van der Waals surface area contributed by atoms with Crippen LogP contribution < -0.4 is 0 Å². The van der Waals surface area contributed by atoms with Crippen molar-refractivity contribution >= 4 is 11.6 Å². The summed E-state index contributed by atoms with van der Waals surface area (Å²) in [6, 6.07) is 24.8. The number of hydrogen-bond donors (Lipinski definition) is 0. The number of ketones is 2. The number of carbonyl (C=O) groups is 2. The van der Waals surface area contributed by atoms with Gasteiger partial charge in [-0.25, -0.2) is 0 Å². The second-order valence-electron chi connectivity index (χ2n) is 9.41. The monoisotopic (exact) mass is 480 g/mol. The lowest BCUT2D eigenvalue weighted by Gasteiger charge is -2.08. The van der Waals surface area contributed by atoms with Crippen molar-refractivity contribution in [1.82, 2.24) is 19.6 Å². The van der Waals surface area contributed by atoms with Gasteiger partial charge in [0.25, 0.3) is 0 Å². The molecule has 0 fully saturated rings. The Bertz CT molecular complexity index is 1250. The van der Waals surface area contributed by atoms with E-state index in [1.807, 2.05) is 47.5 Å². The molecule has 0 amide bonds. The van der Waals surface area contributed by atoms with Crippen molar-refractivity contribution in [2.24, 2.45) is 0 Å². The number of aryl methyl sites for hydroxylation is 2. The normalized spacial score (nSPS) is 17.7. The molecule has 2 aliphatic rings. The standard InChI is InChI=1S/2C15H16N2O/c2*1-2-15(18)13-10-14-12(8-9-17(14)16-13)11-6-4-3-5-7-11/h2*3-7,10,12H,2,8-9H2,1H3/t2*12-/m10/s1. The van der Waals surface area contributed by atoms with Gasteiger partial charge in [-0.05, 0) is 36.1 Å². The minimum Gasteiger partial charge on any atom is -0.292 e. The van der Waals surface area contributed by atoms with E-state index in [2.05, 4.69) is 58.7 Å². The van der Waals surface area contributed by atoms with Crippen molar-refractivity contribution in [2.45, 2.75) is 64.5 Å². The Balaban J connectivity index is 0.000000148. The highest BCUT2D eigenvalue weighted by atomic mass is 16.1. The first kappa shape index (κ1) is 23.9. The highest BCUT2D eigenvalue weighted by molar-refractivity contribution is 5.94. The van der Waals surface area contributed by atoms with Crippen LogP contribution in [-0.2, 0) is 13.1 Å². The molecule has 0 aliphatic carbocycles. The number of aromatic nitrogens is 4. The Hall–Kier alpha value is -3.80.